The van der Waals surface area contributed by atoms with Gasteiger partial charge in [-0.3, -0.25) is 9.59 Å². The number of anilines is 1. The van der Waals surface area contributed by atoms with Crippen LogP contribution in [0.1, 0.15) is 0 Å². The summed E-state index contributed by atoms with van der Waals surface area (Å²) in [4.78, 5) is 23.9. The van der Waals surface area contributed by atoms with Crippen molar-refractivity contribution >= 4 is 17.5 Å². The fourth-order valence-electron chi connectivity index (χ4n) is 1.18. The van der Waals surface area contributed by atoms with Gasteiger partial charge in [-0.2, -0.15) is 0 Å². The van der Waals surface area contributed by atoms with Crippen molar-refractivity contribution in [3.05, 3.63) is 30.1 Å². The molecule has 0 atom stereocenters. The van der Waals surface area contributed by atoms with Gasteiger partial charge in [0.2, 0.25) is 0 Å². The Balaban J connectivity index is 2.63. The van der Waals surface area contributed by atoms with Crippen LogP contribution in [0.3, 0.4) is 0 Å². The van der Waals surface area contributed by atoms with Gasteiger partial charge in [-0.25, -0.2) is 4.39 Å². The molecule has 0 spiro atoms. The molecule has 92 valence electrons. The summed E-state index contributed by atoms with van der Waals surface area (Å²) in [6.07, 6.45) is 0. The molecule has 5 nitrogen and oxygen atoms in total. The van der Waals surface area contributed by atoms with Crippen LogP contribution in [0.2, 0.25) is 0 Å². The maximum absolute atomic E-state index is 12.8. The number of nitrogens with one attached hydrogen (secondary N) is 1. The number of hydrogen-bond donors (Lipinski definition) is 2. The van der Waals surface area contributed by atoms with Gasteiger partial charge in [-0.05, 0) is 18.2 Å². The van der Waals surface area contributed by atoms with Gasteiger partial charge in [0, 0.05) is 19.3 Å². The number of aliphatic hydroxyl groups excluding tert-OH is 1. The van der Waals surface area contributed by atoms with E-state index in [9.17, 15) is 14.0 Å². The molecule has 0 fully saturated rings. The zero-order valence-corrected chi connectivity index (χ0v) is 9.31. The predicted molar refractivity (Wildman–Crippen MR) is 59.8 cm³/mol. The van der Waals surface area contributed by atoms with E-state index in [1.165, 1.54) is 25.2 Å². The molecule has 1 aromatic rings. The second-order valence-electron chi connectivity index (χ2n) is 3.41. The van der Waals surface area contributed by atoms with Crippen molar-refractivity contribution in [2.75, 3.05) is 25.5 Å². The van der Waals surface area contributed by atoms with Crippen LogP contribution in [0.15, 0.2) is 24.3 Å². The molecular formula is C11H13FN2O3. The molecule has 0 aliphatic carbocycles. The van der Waals surface area contributed by atoms with Crippen molar-refractivity contribution < 1.29 is 19.1 Å². The van der Waals surface area contributed by atoms with Gasteiger partial charge in [0.05, 0.1) is 6.61 Å². The van der Waals surface area contributed by atoms with E-state index >= 15 is 0 Å². The van der Waals surface area contributed by atoms with Crippen LogP contribution in [0, 0.1) is 5.82 Å². The smallest absolute Gasteiger partial charge is 0.313 e. The molecule has 6 heteroatoms. The topological polar surface area (TPSA) is 69.6 Å². The molecule has 17 heavy (non-hydrogen) atoms. The van der Waals surface area contributed by atoms with E-state index in [4.69, 9.17) is 5.11 Å². The number of nitrogens with zero attached hydrogens (tertiary/aromatic N) is 1. The summed E-state index contributed by atoms with van der Waals surface area (Å²) < 4.78 is 12.8. The highest BCUT2D eigenvalue weighted by atomic mass is 19.1. The summed E-state index contributed by atoms with van der Waals surface area (Å²) >= 11 is 0. The van der Waals surface area contributed by atoms with E-state index in [1.807, 2.05) is 0 Å². The maximum atomic E-state index is 12.8. The molecule has 0 heterocycles. The summed E-state index contributed by atoms with van der Waals surface area (Å²) in [5.74, 6) is -2.16. The van der Waals surface area contributed by atoms with Gasteiger partial charge >= 0.3 is 11.8 Å². The summed E-state index contributed by atoms with van der Waals surface area (Å²) in [7, 11) is 1.39. The van der Waals surface area contributed by atoms with Crippen LogP contribution < -0.4 is 5.32 Å². The highest BCUT2D eigenvalue weighted by Gasteiger charge is 2.18. The van der Waals surface area contributed by atoms with Crippen molar-refractivity contribution in [2.45, 2.75) is 0 Å². The number of amides is 2. The summed E-state index contributed by atoms with van der Waals surface area (Å²) in [5.41, 5.74) is 0.209. The van der Waals surface area contributed by atoms with Crippen LogP contribution in [0.5, 0.6) is 0 Å². The van der Waals surface area contributed by atoms with E-state index < -0.39 is 17.6 Å². The summed E-state index contributed by atoms with van der Waals surface area (Å²) in [6.45, 7) is -0.162. The fraction of sp³-hybridized carbons (Fsp3) is 0.273. The van der Waals surface area contributed by atoms with Crippen molar-refractivity contribution in [1.82, 2.24) is 4.90 Å². The van der Waals surface area contributed by atoms with E-state index in [-0.39, 0.29) is 18.8 Å². The Bertz CT molecular complexity index is 423. The number of hydrogen-bond acceptors (Lipinski definition) is 3. The largest absolute Gasteiger partial charge is 0.395 e. The Morgan fingerprint density at radius 3 is 2.76 bits per heavy atom. The minimum absolute atomic E-state index is 0.0649. The lowest BCUT2D eigenvalue weighted by Crippen LogP contribution is -2.38. The third-order valence-electron chi connectivity index (χ3n) is 2.06. The molecule has 0 saturated heterocycles. The molecule has 2 amide bonds. The average molecular weight is 240 g/mol. The maximum Gasteiger partial charge on any atom is 0.313 e. The SMILES string of the molecule is CN(CCO)C(=O)C(=O)Nc1cccc(F)c1. The Hall–Kier alpha value is -1.95. The molecule has 0 unspecified atom stereocenters. The quantitative estimate of drug-likeness (QED) is 0.742. The van der Waals surface area contributed by atoms with Crippen LogP contribution in [-0.4, -0.2) is 42.0 Å². The highest BCUT2D eigenvalue weighted by Crippen LogP contribution is 2.08. The number of aliphatic hydroxyl groups is 1. The molecule has 0 saturated carbocycles. The van der Waals surface area contributed by atoms with Crippen molar-refractivity contribution in [2.24, 2.45) is 0 Å². The summed E-state index contributed by atoms with van der Waals surface area (Å²) in [6, 6.07) is 5.24. The van der Waals surface area contributed by atoms with Gasteiger partial charge in [0.25, 0.3) is 0 Å². The minimum atomic E-state index is -0.869. The average Bonchev–Trinajstić information content (AvgIpc) is 2.28. The first-order valence-corrected chi connectivity index (χ1v) is 4.97. The van der Waals surface area contributed by atoms with Gasteiger partial charge in [-0.1, -0.05) is 6.07 Å². The number of carbonyl (C=O) groups is 2. The van der Waals surface area contributed by atoms with Crippen molar-refractivity contribution in [1.29, 1.82) is 0 Å². The number of benzene rings is 1. The monoisotopic (exact) mass is 240 g/mol. The standard InChI is InChI=1S/C11H13FN2O3/c1-14(5-6-15)11(17)10(16)13-9-4-2-3-8(12)7-9/h2-4,7,15H,5-6H2,1H3,(H,13,16). The van der Waals surface area contributed by atoms with Gasteiger partial charge < -0.3 is 15.3 Å². The third kappa shape index (κ3) is 3.84. The van der Waals surface area contributed by atoms with Gasteiger partial charge in [0.1, 0.15) is 5.82 Å². The van der Waals surface area contributed by atoms with E-state index in [1.54, 1.807) is 0 Å². The highest BCUT2D eigenvalue weighted by molar-refractivity contribution is 6.39. The van der Waals surface area contributed by atoms with E-state index in [0.717, 1.165) is 11.0 Å². The first kappa shape index (κ1) is 13.1. The molecular weight excluding hydrogens is 227 g/mol. The molecule has 0 bridgehead atoms. The number of rotatable bonds is 3. The number of halogens is 1. The lowest BCUT2D eigenvalue weighted by atomic mass is 10.3. The minimum Gasteiger partial charge on any atom is -0.395 e. The van der Waals surface area contributed by atoms with Gasteiger partial charge in [-0.15, -0.1) is 0 Å². The normalized spacial score (nSPS) is 9.82. The molecule has 2 N–H and O–H groups in total. The molecule has 1 rings (SSSR count). The van der Waals surface area contributed by atoms with Crippen LogP contribution in [0.25, 0.3) is 0 Å². The Morgan fingerprint density at radius 1 is 1.47 bits per heavy atom. The van der Waals surface area contributed by atoms with E-state index in [2.05, 4.69) is 5.32 Å². The second-order valence-corrected chi connectivity index (χ2v) is 3.41. The Morgan fingerprint density at radius 2 is 2.18 bits per heavy atom. The zero-order chi connectivity index (χ0) is 12.8. The van der Waals surface area contributed by atoms with Crippen molar-refractivity contribution in [3.63, 3.8) is 0 Å². The summed E-state index contributed by atoms with van der Waals surface area (Å²) in [5, 5.41) is 10.9. The number of likely N-dealkylation sites (N-methyl/N-ethyl adjacent to an activating group) is 1. The van der Waals surface area contributed by atoms with Crippen LogP contribution in [0.4, 0.5) is 10.1 Å². The van der Waals surface area contributed by atoms with Crippen LogP contribution >= 0.6 is 0 Å². The fourth-order valence-corrected chi connectivity index (χ4v) is 1.18. The lowest BCUT2D eigenvalue weighted by molar-refractivity contribution is -0.142. The first-order valence-electron chi connectivity index (χ1n) is 4.97. The Kier molecular flexibility index (Phi) is 4.59. The molecule has 1 aromatic carbocycles. The molecule has 0 aliphatic rings. The predicted octanol–water partition coefficient (Wildman–Crippen LogP) is 0.215. The van der Waals surface area contributed by atoms with Crippen LogP contribution in [-0.2, 0) is 9.59 Å². The molecule has 0 aliphatic heterocycles. The van der Waals surface area contributed by atoms with Gasteiger partial charge in [0.15, 0.2) is 0 Å². The molecule has 0 aromatic heterocycles. The lowest BCUT2D eigenvalue weighted by Gasteiger charge is -2.14. The second kappa shape index (κ2) is 5.95. The molecule has 0 radical (unpaired) electrons. The van der Waals surface area contributed by atoms with E-state index in [0.29, 0.717) is 0 Å². The van der Waals surface area contributed by atoms with Crippen molar-refractivity contribution in [3.8, 4) is 0 Å². The number of carbonyl (C=O) groups excluding carboxylic acids is 2. The third-order valence-corrected chi connectivity index (χ3v) is 2.06. The Labute approximate surface area is 97.8 Å². The first-order chi connectivity index (χ1) is 8.04. The zero-order valence-electron chi connectivity index (χ0n) is 9.31.